The Kier molecular flexibility index (Phi) is 3.52. The third kappa shape index (κ3) is 2.37. The number of aromatic carboxylic acids is 1. The van der Waals surface area contributed by atoms with Crippen LogP contribution in [0.3, 0.4) is 0 Å². The third-order valence-corrected chi connectivity index (χ3v) is 5.58. The van der Waals surface area contributed by atoms with Crippen LogP contribution in [0.25, 0.3) is 0 Å². The van der Waals surface area contributed by atoms with Crippen molar-refractivity contribution in [1.29, 1.82) is 0 Å². The molecule has 2 unspecified atom stereocenters. The average molecular weight is 318 g/mol. The van der Waals surface area contributed by atoms with Gasteiger partial charge in [-0.2, -0.15) is 5.10 Å². The van der Waals surface area contributed by atoms with Gasteiger partial charge in [0.25, 0.3) is 0 Å². The molecule has 2 saturated carbocycles. The van der Waals surface area contributed by atoms with Gasteiger partial charge in [-0.3, -0.25) is 4.68 Å². The van der Waals surface area contributed by atoms with Crippen molar-refractivity contribution in [1.82, 2.24) is 14.8 Å². The van der Waals surface area contributed by atoms with Crippen molar-refractivity contribution in [3.8, 4) is 0 Å². The molecule has 1 aliphatic heterocycles. The van der Waals surface area contributed by atoms with Gasteiger partial charge in [-0.1, -0.05) is 6.07 Å². The molecule has 120 valence electrons. The molecule has 3 heterocycles. The van der Waals surface area contributed by atoms with E-state index in [1.54, 1.807) is 10.9 Å². The number of anilines is 1. The summed E-state index contributed by atoms with van der Waals surface area (Å²) in [5, 5.41) is 13.3. The second-order valence-corrected chi connectivity index (χ2v) is 7.08. The second-order valence-electron chi connectivity index (χ2n) is 7.08. The fourth-order valence-electron chi connectivity index (χ4n) is 3.87. The van der Waals surface area contributed by atoms with Gasteiger partial charge in [0, 0.05) is 25.5 Å². The summed E-state index contributed by atoms with van der Waals surface area (Å²) in [5.74, 6) is 1.91. The van der Waals surface area contributed by atoms with Crippen LogP contribution in [0.4, 0.5) is 5.82 Å². The van der Waals surface area contributed by atoms with Crippen molar-refractivity contribution < 1.29 is 9.90 Å². The van der Waals surface area contributed by atoms with Crippen molar-refractivity contribution in [2.45, 2.75) is 24.8 Å². The topological polar surface area (TPSA) is 71.2 Å². The molecular weight excluding hydrogens is 299 g/mol. The van der Waals surface area contributed by atoms with Gasteiger partial charge in [-0.25, -0.2) is 9.78 Å². The van der Waals surface area contributed by atoms with Crippen LogP contribution in [0.15, 0.2) is 30.7 Å². The molecule has 0 aromatic carbocycles. The number of hydrogen-bond donors (Lipinski definition) is 1. The van der Waals surface area contributed by atoms with E-state index < -0.39 is 5.97 Å². The zero-order valence-electron chi connectivity index (χ0n) is 12.7. The molecule has 1 saturated heterocycles. The monoisotopic (exact) mass is 318 g/mol. The normalized spacial score (nSPS) is 25.8. The second kappa shape index (κ2) is 5.37. The first kappa shape index (κ1) is 15.7. The Morgan fingerprint density at radius 2 is 1.96 bits per heavy atom. The Hall–Kier alpha value is -1.77. The molecule has 1 N–H and O–H groups in total. The van der Waals surface area contributed by atoms with Gasteiger partial charge in [0.1, 0.15) is 5.82 Å². The number of piperidine rings is 1. The maximum absolute atomic E-state index is 11.0. The SMILES string of the molecule is O=C(O)c1cnn(C2(c3ccc(N4CC5CC5C4)nc3)CC2)c1.[LiH]. The maximum atomic E-state index is 11.0. The van der Waals surface area contributed by atoms with Crippen LogP contribution in [0.2, 0.25) is 0 Å². The van der Waals surface area contributed by atoms with E-state index in [4.69, 9.17) is 5.11 Å². The summed E-state index contributed by atoms with van der Waals surface area (Å²) < 4.78 is 1.79. The molecule has 0 bridgehead atoms. The van der Waals surface area contributed by atoms with Gasteiger partial charge in [-0.15, -0.1) is 0 Å². The third-order valence-electron chi connectivity index (χ3n) is 5.58. The quantitative estimate of drug-likeness (QED) is 0.861. The number of rotatable bonds is 4. The summed E-state index contributed by atoms with van der Waals surface area (Å²) in [4.78, 5) is 18.1. The number of carboxylic acid groups (broad SMARTS) is 1. The number of carboxylic acids is 1. The molecular formula is C17H19LiN4O2. The van der Waals surface area contributed by atoms with Crippen molar-refractivity contribution in [2.75, 3.05) is 18.0 Å². The van der Waals surface area contributed by atoms with Crippen LogP contribution in [0, 0.1) is 11.8 Å². The van der Waals surface area contributed by atoms with Crippen molar-refractivity contribution in [3.05, 3.63) is 41.9 Å². The predicted octanol–water partition coefficient (Wildman–Crippen LogP) is 1.32. The molecule has 0 spiro atoms. The van der Waals surface area contributed by atoms with E-state index in [9.17, 15) is 4.79 Å². The summed E-state index contributed by atoms with van der Waals surface area (Å²) in [6.45, 7) is 2.28. The standard InChI is InChI=1S/C17H18N4O2.Li.H/c22-16(23)13-6-19-21(10-13)17(3-4-17)14-1-2-15(18-7-14)20-8-11-5-12(11)9-20;;/h1-2,6-7,10-12H,3-5,8-9H2,(H,22,23);;. The summed E-state index contributed by atoms with van der Waals surface area (Å²) >= 11 is 0. The molecule has 2 atom stereocenters. The zero-order chi connectivity index (χ0) is 15.6. The van der Waals surface area contributed by atoms with Crippen LogP contribution in [-0.4, -0.2) is 57.8 Å². The number of hydrogen-bond acceptors (Lipinski definition) is 4. The van der Waals surface area contributed by atoms with Crippen LogP contribution in [0.5, 0.6) is 0 Å². The Balaban J connectivity index is 0.00000146. The van der Waals surface area contributed by atoms with E-state index in [1.165, 1.54) is 12.6 Å². The molecule has 3 aliphatic rings. The number of nitrogens with zero attached hydrogens (tertiary/aromatic N) is 4. The molecule has 3 fully saturated rings. The fraction of sp³-hybridized carbons (Fsp3) is 0.471. The summed E-state index contributed by atoms with van der Waals surface area (Å²) in [6, 6.07) is 4.23. The van der Waals surface area contributed by atoms with E-state index in [-0.39, 0.29) is 30.0 Å². The molecule has 7 heteroatoms. The van der Waals surface area contributed by atoms with Crippen LogP contribution >= 0.6 is 0 Å². The number of pyridine rings is 1. The van der Waals surface area contributed by atoms with Crippen LogP contribution < -0.4 is 4.90 Å². The van der Waals surface area contributed by atoms with Crippen LogP contribution in [0.1, 0.15) is 35.2 Å². The number of aromatic nitrogens is 3. The molecule has 24 heavy (non-hydrogen) atoms. The first-order valence-corrected chi connectivity index (χ1v) is 8.16. The summed E-state index contributed by atoms with van der Waals surface area (Å²) in [6.07, 6.45) is 8.32. The molecule has 0 amide bonds. The fourth-order valence-corrected chi connectivity index (χ4v) is 3.87. The molecule has 5 rings (SSSR count). The van der Waals surface area contributed by atoms with Gasteiger partial charge in [0.05, 0.1) is 17.3 Å². The van der Waals surface area contributed by atoms with Gasteiger partial charge >= 0.3 is 24.8 Å². The Bertz CT molecular complexity index is 774. The molecule has 2 aliphatic carbocycles. The van der Waals surface area contributed by atoms with Crippen molar-refractivity contribution >= 4 is 30.6 Å². The first-order chi connectivity index (χ1) is 11.2. The average Bonchev–Trinajstić information content (AvgIpc) is 3.42. The van der Waals surface area contributed by atoms with Crippen LogP contribution in [-0.2, 0) is 5.54 Å². The van der Waals surface area contributed by atoms with Crippen molar-refractivity contribution in [2.24, 2.45) is 11.8 Å². The Morgan fingerprint density at radius 1 is 1.21 bits per heavy atom. The summed E-state index contributed by atoms with van der Waals surface area (Å²) in [5.41, 5.74) is 1.15. The van der Waals surface area contributed by atoms with E-state index >= 15 is 0 Å². The Labute approximate surface area is 152 Å². The van der Waals surface area contributed by atoms with Crippen molar-refractivity contribution in [3.63, 3.8) is 0 Å². The van der Waals surface area contributed by atoms with Gasteiger partial charge in [0.2, 0.25) is 0 Å². The molecule has 2 aromatic heterocycles. The zero-order valence-corrected chi connectivity index (χ0v) is 12.7. The van der Waals surface area contributed by atoms with E-state index in [1.807, 2.05) is 6.20 Å². The van der Waals surface area contributed by atoms with Gasteiger partial charge in [0.15, 0.2) is 0 Å². The van der Waals surface area contributed by atoms with Gasteiger partial charge < -0.3 is 10.0 Å². The number of carbonyl (C=O) groups is 1. The number of fused-ring (bicyclic) bond motifs is 1. The van der Waals surface area contributed by atoms with Gasteiger partial charge in [-0.05, 0) is 42.7 Å². The minimum atomic E-state index is -0.937. The predicted molar refractivity (Wildman–Crippen MR) is 90.7 cm³/mol. The van der Waals surface area contributed by atoms with E-state index in [0.29, 0.717) is 0 Å². The minimum absolute atomic E-state index is 0. The summed E-state index contributed by atoms with van der Waals surface area (Å²) in [7, 11) is 0. The molecule has 0 radical (unpaired) electrons. The first-order valence-electron chi connectivity index (χ1n) is 8.16. The molecule has 2 aromatic rings. The van der Waals surface area contributed by atoms with E-state index in [0.717, 1.165) is 49.1 Å². The molecule has 6 nitrogen and oxygen atoms in total. The van der Waals surface area contributed by atoms with E-state index in [2.05, 4.69) is 27.1 Å². The Morgan fingerprint density at radius 3 is 2.50 bits per heavy atom.